The van der Waals surface area contributed by atoms with Crippen LogP contribution in [0, 0.1) is 5.82 Å². The van der Waals surface area contributed by atoms with E-state index in [1.807, 2.05) is 6.07 Å². The molecule has 0 saturated carbocycles. The minimum absolute atomic E-state index is 0. The van der Waals surface area contributed by atoms with Crippen molar-refractivity contribution in [1.29, 1.82) is 0 Å². The Kier molecular flexibility index (Phi) is 4.98. The van der Waals surface area contributed by atoms with Crippen LogP contribution in [0.4, 0.5) is 4.39 Å². The van der Waals surface area contributed by atoms with E-state index in [-0.39, 0.29) is 24.1 Å². The van der Waals surface area contributed by atoms with Crippen LogP contribution in [0.1, 0.15) is 16.9 Å². The third-order valence-corrected chi connectivity index (χ3v) is 3.50. The van der Waals surface area contributed by atoms with Crippen LogP contribution < -0.4 is 10.6 Å². The first-order valence-electron chi connectivity index (χ1n) is 6.54. The van der Waals surface area contributed by atoms with Crippen LogP contribution in [0.5, 0.6) is 0 Å². The highest BCUT2D eigenvalue weighted by atomic mass is 35.5. The minimum Gasteiger partial charge on any atom is -0.467 e. The molecule has 0 fully saturated rings. The summed E-state index contributed by atoms with van der Waals surface area (Å²) in [4.78, 5) is 12.1. The lowest BCUT2D eigenvalue weighted by Crippen LogP contribution is -2.47. The first-order valence-corrected chi connectivity index (χ1v) is 6.54. The average Bonchev–Trinajstić information content (AvgIpc) is 2.98. The van der Waals surface area contributed by atoms with Gasteiger partial charge in [-0.25, -0.2) is 4.39 Å². The molecule has 21 heavy (non-hydrogen) atoms. The van der Waals surface area contributed by atoms with Crippen molar-refractivity contribution in [3.05, 3.63) is 59.3 Å². The zero-order valence-corrected chi connectivity index (χ0v) is 12.1. The molecular formula is C15H16ClFN2O2. The van der Waals surface area contributed by atoms with Crippen LogP contribution in [0.25, 0.3) is 0 Å². The number of hydrogen-bond donors (Lipinski definition) is 2. The summed E-state index contributed by atoms with van der Waals surface area (Å²) < 4.78 is 18.9. The molecule has 1 aromatic carbocycles. The molecule has 0 radical (unpaired) electrons. The Labute approximate surface area is 128 Å². The Balaban J connectivity index is 0.00000161. The van der Waals surface area contributed by atoms with Crippen molar-refractivity contribution in [1.82, 2.24) is 10.6 Å². The highest BCUT2D eigenvalue weighted by Crippen LogP contribution is 2.19. The second kappa shape index (κ2) is 6.74. The van der Waals surface area contributed by atoms with Gasteiger partial charge in [0.05, 0.1) is 18.8 Å². The van der Waals surface area contributed by atoms with Crippen molar-refractivity contribution >= 4 is 18.3 Å². The van der Waals surface area contributed by atoms with Crippen molar-refractivity contribution in [2.45, 2.75) is 25.6 Å². The average molecular weight is 311 g/mol. The summed E-state index contributed by atoms with van der Waals surface area (Å²) in [6.07, 6.45) is 1.93. The quantitative estimate of drug-likeness (QED) is 0.913. The van der Waals surface area contributed by atoms with E-state index in [0.717, 1.165) is 5.56 Å². The van der Waals surface area contributed by atoms with E-state index in [1.54, 1.807) is 24.5 Å². The molecule has 0 aliphatic carbocycles. The number of carbonyl (C=O) groups is 1. The van der Waals surface area contributed by atoms with Gasteiger partial charge >= 0.3 is 0 Å². The lowest BCUT2D eigenvalue weighted by atomic mass is 9.95. The molecule has 1 atom stereocenters. The third-order valence-electron chi connectivity index (χ3n) is 3.50. The Morgan fingerprint density at radius 2 is 2.24 bits per heavy atom. The molecule has 6 heteroatoms. The van der Waals surface area contributed by atoms with Crippen molar-refractivity contribution in [3.63, 3.8) is 0 Å². The second-order valence-corrected chi connectivity index (χ2v) is 4.81. The largest absolute Gasteiger partial charge is 0.467 e. The van der Waals surface area contributed by atoms with Gasteiger partial charge in [0.25, 0.3) is 0 Å². The maximum Gasteiger partial charge on any atom is 0.237 e. The van der Waals surface area contributed by atoms with Crippen LogP contribution >= 0.6 is 12.4 Å². The third kappa shape index (κ3) is 3.43. The standard InChI is InChI=1S/C15H15FN2O2.ClH/c16-13-5-1-3-10-8-17-14(7-12(10)13)15(19)18-9-11-4-2-6-20-11;/h1-6,14,17H,7-9H2,(H,18,19);1H. The molecule has 3 rings (SSSR count). The number of rotatable bonds is 3. The van der Waals surface area contributed by atoms with E-state index in [2.05, 4.69) is 10.6 Å². The number of nitrogens with one attached hydrogen (secondary N) is 2. The Morgan fingerprint density at radius 1 is 1.38 bits per heavy atom. The Morgan fingerprint density at radius 3 is 3.00 bits per heavy atom. The number of carbonyl (C=O) groups excluding carboxylic acids is 1. The van der Waals surface area contributed by atoms with E-state index >= 15 is 0 Å². The Hall–Kier alpha value is -1.85. The van der Waals surface area contributed by atoms with Crippen LogP contribution in [0.15, 0.2) is 41.0 Å². The van der Waals surface area contributed by atoms with Gasteiger partial charge in [0.1, 0.15) is 11.6 Å². The molecule has 2 N–H and O–H groups in total. The number of fused-ring (bicyclic) bond motifs is 1. The molecule has 1 unspecified atom stereocenters. The zero-order chi connectivity index (χ0) is 13.9. The SMILES string of the molecule is Cl.O=C(NCc1ccco1)C1Cc2c(F)cccc2CN1. The molecule has 1 amide bonds. The molecule has 4 nitrogen and oxygen atoms in total. The smallest absolute Gasteiger partial charge is 0.237 e. The van der Waals surface area contributed by atoms with Crippen LogP contribution in [-0.4, -0.2) is 11.9 Å². The van der Waals surface area contributed by atoms with Crippen molar-refractivity contribution in [3.8, 4) is 0 Å². The van der Waals surface area contributed by atoms with Gasteiger partial charge in [-0.05, 0) is 35.7 Å². The first-order chi connectivity index (χ1) is 9.74. The van der Waals surface area contributed by atoms with Crippen molar-refractivity contribution in [2.24, 2.45) is 0 Å². The highest BCUT2D eigenvalue weighted by Gasteiger charge is 2.25. The molecule has 2 aromatic rings. The fourth-order valence-corrected chi connectivity index (χ4v) is 2.40. The summed E-state index contributed by atoms with van der Waals surface area (Å²) in [5, 5.41) is 5.91. The predicted molar refractivity (Wildman–Crippen MR) is 78.5 cm³/mol. The topological polar surface area (TPSA) is 54.3 Å². The number of furan rings is 1. The summed E-state index contributed by atoms with van der Waals surface area (Å²) >= 11 is 0. The number of halogens is 2. The second-order valence-electron chi connectivity index (χ2n) is 4.81. The molecule has 1 aliphatic rings. The van der Waals surface area contributed by atoms with Crippen molar-refractivity contribution in [2.75, 3.05) is 0 Å². The van der Waals surface area contributed by atoms with Gasteiger partial charge in [-0.15, -0.1) is 12.4 Å². The highest BCUT2D eigenvalue weighted by molar-refractivity contribution is 5.85. The first kappa shape index (κ1) is 15.5. The normalized spacial score (nSPS) is 16.7. The van der Waals surface area contributed by atoms with Crippen molar-refractivity contribution < 1.29 is 13.6 Å². The van der Waals surface area contributed by atoms with Gasteiger partial charge in [-0.3, -0.25) is 4.79 Å². The molecular weight excluding hydrogens is 295 g/mol. The summed E-state index contributed by atoms with van der Waals surface area (Å²) in [7, 11) is 0. The molecule has 1 aromatic heterocycles. The van der Waals surface area contributed by atoms with Gasteiger partial charge < -0.3 is 15.1 Å². The summed E-state index contributed by atoms with van der Waals surface area (Å²) in [5.74, 6) is 0.309. The molecule has 0 saturated heterocycles. The minimum atomic E-state index is -0.408. The van der Waals surface area contributed by atoms with E-state index in [1.165, 1.54) is 6.07 Å². The summed E-state index contributed by atoms with van der Waals surface area (Å²) in [6.45, 7) is 0.847. The fraction of sp³-hybridized carbons (Fsp3) is 0.267. The Bertz CT molecular complexity index is 616. The van der Waals surface area contributed by atoms with E-state index in [4.69, 9.17) is 4.42 Å². The van der Waals surface area contributed by atoms with Gasteiger partial charge in [0.15, 0.2) is 0 Å². The molecule has 112 valence electrons. The predicted octanol–water partition coefficient (Wildman–Crippen LogP) is 2.17. The van der Waals surface area contributed by atoms with E-state index < -0.39 is 6.04 Å². The van der Waals surface area contributed by atoms with Gasteiger partial charge in [-0.1, -0.05) is 12.1 Å². The van der Waals surface area contributed by atoms with Crippen LogP contribution in [-0.2, 0) is 24.3 Å². The van der Waals surface area contributed by atoms with E-state index in [0.29, 0.717) is 30.8 Å². The summed E-state index contributed by atoms with van der Waals surface area (Å²) in [5.41, 5.74) is 1.55. The molecule has 2 heterocycles. The van der Waals surface area contributed by atoms with Crippen LogP contribution in [0.3, 0.4) is 0 Å². The molecule has 0 bridgehead atoms. The molecule has 0 spiro atoms. The maximum atomic E-state index is 13.7. The van der Waals surface area contributed by atoms with Gasteiger partial charge in [-0.2, -0.15) is 0 Å². The summed E-state index contributed by atoms with van der Waals surface area (Å²) in [6, 6.07) is 8.15. The number of amides is 1. The van der Waals surface area contributed by atoms with Gasteiger partial charge in [0, 0.05) is 6.54 Å². The van der Waals surface area contributed by atoms with Gasteiger partial charge in [0.2, 0.25) is 5.91 Å². The fourth-order valence-electron chi connectivity index (χ4n) is 2.40. The number of benzene rings is 1. The van der Waals surface area contributed by atoms with E-state index in [9.17, 15) is 9.18 Å². The number of hydrogen-bond acceptors (Lipinski definition) is 3. The zero-order valence-electron chi connectivity index (χ0n) is 11.3. The lowest BCUT2D eigenvalue weighted by molar-refractivity contribution is -0.123. The van der Waals surface area contributed by atoms with Crippen LogP contribution in [0.2, 0.25) is 0 Å². The monoisotopic (exact) mass is 310 g/mol. The molecule has 1 aliphatic heterocycles. The lowest BCUT2D eigenvalue weighted by Gasteiger charge is -2.25. The maximum absolute atomic E-state index is 13.7.